The van der Waals surface area contributed by atoms with Gasteiger partial charge in [-0.3, -0.25) is 0 Å². The van der Waals surface area contributed by atoms with E-state index in [0.717, 1.165) is 0 Å². The monoisotopic (exact) mass is 536 g/mol. The fourth-order valence-electron chi connectivity index (χ4n) is 2.54. The van der Waals surface area contributed by atoms with E-state index in [0.29, 0.717) is 11.1 Å². The van der Waals surface area contributed by atoms with Crippen LogP contribution in [0, 0.1) is 0 Å². The molecule has 160 valence electrons. The van der Waals surface area contributed by atoms with Crippen LogP contribution in [0.4, 0.5) is 5.82 Å². The summed E-state index contributed by atoms with van der Waals surface area (Å²) in [7, 11) is 0. The van der Waals surface area contributed by atoms with Crippen molar-refractivity contribution in [2.24, 2.45) is 0 Å². The molecule has 0 bridgehead atoms. The average Bonchev–Trinajstić information content (AvgIpc) is 3.27. The molecule has 4 heterocycles. The molecule has 1 saturated heterocycles. The zero-order chi connectivity index (χ0) is 21.6. The Kier molecular flexibility index (Phi) is 6.59. The molecule has 3 aromatic rings. The van der Waals surface area contributed by atoms with Gasteiger partial charge < -0.3 is 0 Å². The molecule has 31 heavy (non-hydrogen) atoms. The van der Waals surface area contributed by atoms with Gasteiger partial charge in [-0.1, -0.05) is 0 Å². The number of alkyl halides is 1. The summed E-state index contributed by atoms with van der Waals surface area (Å²) in [6, 6.07) is 7.93. The zero-order valence-electron chi connectivity index (χ0n) is 15.8. The van der Waals surface area contributed by atoms with Crippen molar-refractivity contribution in [3.63, 3.8) is 0 Å². The molecule has 2 atom stereocenters. The Morgan fingerprint density at radius 2 is 1.87 bits per heavy atom. The van der Waals surface area contributed by atoms with E-state index < -0.39 is 49.7 Å². The molecule has 1 amide bonds. The number of nitrogens with zero attached hydrogens (tertiary/aromatic N) is 4. The van der Waals surface area contributed by atoms with Crippen molar-refractivity contribution in [3.05, 3.63) is 82.9 Å². The van der Waals surface area contributed by atoms with E-state index in [1.54, 1.807) is 36.7 Å². The first-order chi connectivity index (χ1) is 15.1. The number of aromatic nitrogens is 4. The molecule has 0 unspecified atom stereocenters. The quantitative estimate of drug-likeness (QED) is 0.280. The van der Waals surface area contributed by atoms with Crippen LogP contribution in [0.5, 0.6) is 0 Å². The van der Waals surface area contributed by atoms with Crippen LogP contribution in [0.15, 0.2) is 66.1 Å². The molecule has 3 aromatic heterocycles. The normalized spacial score (nSPS) is 17.9. The second-order valence-corrected chi connectivity index (χ2v) is 8.06. The number of hydrogen-bond donors (Lipinski definition) is 1. The van der Waals surface area contributed by atoms with Crippen molar-refractivity contribution in [3.8, 4) is 0 Å². The number of carbonyl (C=O) groups excluding carboxylic acids is 2. The van der Waals surface area contributed by atoms with Gasteiger partial charge in [0.2, 0.25) is 0 Å². The Morgan fingerprint density at radius 3 is 2.55 bits per heavy atom. The van der Waals surface area contributed by atoms with Crippen LogP contribution in [0.3, 0.4) is 0 Å². The number of carbonyl (C=O) groups is 2. The standard InChI is InChI=1S/C19H15IN5O6/c26-16(12-3-1-6-21-9-12)23-14-5-8-25(19(28)24-14)15-11-29-18(30-15)20-31-17(27)13-4-2-7-22-10-13/h1-10,15,18H,11H2,(H,23,24,26,28)/q-1/t15-,18-/m0/s1. The molecule has 0 aromatic carbocycles. The van der Waals surface area contributed by atoms with Crippen LogP contribution in [0.1, 0.15) is 26.9 Å². The first-order valence-electron chi connectivity index (χ1n) is 8.92. The topological polar surface area (TPSA) is 135 Å². The number of pyridine rings is 2. The van der Waals surface area contributed by atoms with Gasteiger partial charge in [0.25, 0.3) is 0 Å². The molecule has 4 rings (SSSR count). The molecule has 1 aliphatic rings. The van der Waals surface area contributed by atoms with Crippen LogP contribution in [0.2, 0.25) is 0 Å². The van der Waals surface area contributed by atoms with Crippen molar-refractivity contribution in [1.29, 1.82) is 0 Å². The maximum absolute atomic E-state index is 12.4. The molecule has 1 N–H and O–H groups in total. The van der Waals surface area contributed by atoms with Gasteiger partial charge >= 0.3 is 180 Å². The Morgan fingerprint density at radius 1 is 1.13 bits per heavy atom. The number of ether oxygens (including phenoxy) is 2. The summed E-state index contributed by atoms with van der Waals surface area (Å²) < 4.78 is 16.9. The van der Waals surface area contributed by atoms with E-state index in [9.17, 15) is 14.4 Å². The summed E-state index contributed by atoms with van der Waals surface area (Å²) in [5.74, 6) is -0.842. The van der Waals surface area contributed by atoms with E-state index in [1.807, 2.05) is 0 Å². The minimum absolute atomic E-state index is 0.0950. The van der Waals surface area contributed by atoms with Gasteiger partial charge in [-0.25, -0.2) is 0 Å². The molecule has 12 heteroatoms. The molecule has 0 spiro atoms. The van der Waals surface area contributed by atoms with Crippen molar-refractivity contribution < 1.29 is 43.7 Å². The van der Waals surface area contributed by atoms with Crippen molar-refractivity contribution >= 4 is 17.7 Å². The molecule has 0 saturated carbocycles. The first kappa shape index (κ1) is 21.0. The van der Waals surface area contributed by atoms with Gasteiger partial charge in [0.1, 0.15) is 0 Å². The average molecular weight is 536 g/mol. The van der Waals surface area contributed by atoms with Crippen LogP contribution < -0.4 is 32.6 Å². The summed E-state index contributed by atoms with van der Waals surface area (Å²) in [5.41, 5.74) is 0.0542. The Hall–Kier alpha value is -3.23. The van der Waals surface area contributed by atoms with E-state index in [1.165, 1.54) is 29.2 Å². The zero-order valence-corrected chi connectivity index (χ0v) is 17.9. The molecule has 0 aliphatic carbocycles. The van der Waals surface area contributed by atoms with Crippen LogP contribution in [0.25, 0.3) is 0 Å². The number of halogens is 1. The summed E-state index contributed by atoms with van der Waals surface area (Å²) in [4.78, 5) is 48.1. The Balaban J connectivity index is 1.33. The summed E-state index contributed by atoms with van der Waals surface area (Å²) in [6.45, 7) is 0.0950. The number of anilines is 1. The minimum atomic E-state index is -1.24. The van der Waals surface area contributed by atoms with E-state index >= 15 is 0 Å². The van der Waals surface area contributed by atoms with E-state index in [2.05, 4.69) is 20.3 Å². The molecule has 0 radical (unpaired) electrons. The number of rotatable bonds is 6. The second-order valence-electron chi connectivity index (χ2n) is 6.09. The van der Waals surface area contributed by atoms with Crippen LogP contribution in [-0.2, 0) is 12.5 Å². The fourth-order valence-corrected chi connectivity index (χ4v) is 4.05. The molecular weight excluding hydrogens is 521 g/mol. The SMILES string of the molecule is O=C(Nc1ccn([C@@H]2CO[C@H]([I-]OC(=O)c3cccnc3)O2)c(=O)n1)c1cccnc1. The number of amides is 1. The second kappa shape index (κ2) is 9.72. The number of nitrogens with one attached hydrogen (secondary N) is 1. The molecule has 11 nitrogen and oxygen atoms in total. The van der Waals surface area contributed by atoms with Crippen molar-refractivity contribution in [2.75, 3.05) is 11.9 Å². The Labute approximate surface area is 186 Å². The van der Waals surface area contributed by atoms with Crippen molar-refractivity contribution in [1.82, 2.24) is 19.5 Å². The van der Waals surface area contributed by atoms with E-state index in [-0.39, 0.29) is 12.4 Å². The molecule has 1 aliphatic heterocycles. The van der Waals surface area contributed by atoms with Gasteiger partial charge in [-0.2, -0.15) is 0 Å². The predicted octanol–water partition coefficient (Wildman–Crippen LogP) is -2.02. The van der Waals surface area contributed by atoms with Gasteiger partial charge in [-0.15, -0.1) is 0 Å². The Bertz CT molecular complexity index is 1130. The third-order valence-corrected chi connectivity index (χ3v) is 5.75. The molecule has 1 fully saturated rings. The first-order valence-corrected chi connectivity index (χ1v) is 11.0. The van der Waals surface area contributed by atoms with Gasteiger partial charge in [0.15, 0.2) is 0 Å². The van der Waals surface area contributed by atoms with Crippen molar-refractivity contribution in [2.45, 2.75) is 10.5 Å². The maximum atomic E-state index is 12.4. The summed E-state index contributed by atoms with van der Waals surface area (Å²) in [6.07, 6.45) is 6.65. The summed E-state index contributed by atoms with van der Waals surface area (Å²) in [5, 5.41) is 2.54. The third-order valence-electron chi connectivity index (χ3n) is 4.02. The van der Waals surface area contributed by atoms with Gasteiger partial charge in [0, 0.05) is 6.20 Å². The van der Waals surface area contributed by atoms with Crippen LogP contribution >= 0.6 is 0 Å². The predicted molar refractivity (Wildman–Crippen MR) is 100 cm³/mol. The fraction of sp³-hybridized carbons (Fsp3) is 0.158. The molecular formula is C19H15IN5O6-. The number of hydrogen-bond acceptors (Lipinski definition) is 9. The third kappa shape index (κ3) is 5.28. The van der Waals surface area contributed by atoms with Gasteiger partial charge in [0.05, 0.1) is 0 Å². The van der Waals surface area contributed by atoms with Gasteiger partial charge in [-0.05, 0) is 0 Å². The van der Waals surface area contributed by atoms with E-state index in [4.69, 9.17) is 12.5 Å². The summed E-state index contributed by atoms with van der Waals surface area (Å²) >= 11 is -1.24. The van der Waals surface area contributed by atoms with Crippen LogP contribution in [-0.4, -0.2) is 42.3 Å².